The Balaban J connectivity index is 1.76. The van der Waals surface area contributed by atoms with E-state index in [1.807, 2.05) is 5.48 Å². The number of Topliss-reactive ketones (excluding diaryl/α,β-unsaturated/α-hetero) is 2. The van der Waals surface area contributed by atoms with Crippen molar-refractivity contribution in [2.75, 3.05) is 166 Å². The fourth-order valence-corrected chi connectivity index (χ4v) is 4.82. The Kier molecular flexibility index (Phi) is 38.0. The Morgan fingerprint density at radius 2 is 0.900 bits per heavy atom. The zero-order chi connectivity index (χ0) is 43.6. The summed E-state index contributed by atoms with van der Waals surface area (Å²) in [5.41, 5.74) is 2.00. The molecule has 1 aliphatic rings. The van der Waals surface area contributed by atoms with E-state index in [-0.39, 0.29) is 38.2 Å². The zero-order valence-corrected chi connectivity index (χ0v) is 35.2. The average Bonchev–Trinajstić information content (AvgIpc) is 3.56. The van der Waals surface area contributed by atoms with Crippen LogP contribution in [0.5, 0.6) is 0 Å². The molecule has 22 heteroatoms. The molecule has 1 rings (SSSR count). The second-order valence-corrected chi connectivity index (χ2v) is 12.7. The van der Waals surface area contributed by atoms with Crippen molar-refractivity contribution in [3.8, 4) is 0 Å². The molecule has 1 saturated carbocycles. The van der Waals surface area contributed by atoms with Crippen LogP contribution in [0, 0.1) is 0 Å². The number of ketones is 2. The maximum Gasteiger partial charge on any atom is 0.405 e. The normalized spacial score (nSPS) is 13.6. The molecule has 0 bridgehead atoms. The molecule has 0 aliphatic heterocycles. The Morgan fingerprint density at radius 1 is 0.550 bits per heavy atom. The van der Waals surface area contributed by atoms with Gasteiger partial charge in [-0.2, -0.15) is 0 Å². The van der Waals surface area contributed by atoms with Crippen molar-refractivity contribution < 1.29 is 90.8 Å². The highest BCUT2D eigenvalue weighted by Gasteiger charge is 2.35. The van der Waals surface area contributed by atoms with Gasteiger partial charge in [0.05, 0.1) is 152 Å². The van der Waals surface area contributed by atoms with E-state index in [1.165, 1.54) is 0 Å². The largest absolute Gasteiger partial charge is 0.465 e. The lowest BCUT2D eigenvalue weighted by atomic mass is 10.1. The first-order valence-corrected chi connectivity index (χ1v) is 20.5. The summed E-state index contributed by atoms with van der Waals surface area (Å²) >= 11 is 0. The number of hydrogen-bond donors (Lipinski definition) is 4. The number of amides is 3. The Hall–Kier alpha value is -2.97. The number of carbonyl (C=O) groups is 5. The van der Waals surface area contributed by atoms with Crippen LogP contribution in [0.4, 0.5) is 4.79 Å². The minimum Gasteiger partial charge on any atom is -0.465 e. The number of unbranched alkanes of at least 4 members (excludes halogenated alkanes) is 1. The molecule has 22 nitrogen and oxygen atoms in total. The average molecular weight is 872 g/mol. The molecule has 0 aromatic rings. The monoisotopic (exact) mass is 871 g/mol. The Bertz CT molecular complexity index is 1080. The topological polar surface area (TPSA) is 262 Å². The van der Waals surface area contributed by atoms with Crippen LogP contribution in [0.3, 0.4) is 0 Å². The fraction of sp³-hybridized carbons (Fsp3) is 0.868. The predicted octanol–water partition coefficient (Wildman–Crippen LogP) is -0.523. The van der Waals surface area contributed by atoms with Crippen molar-refractivity contribution in [2.24, 2.45) is 0 Å². The van der Waals surface area contributed by atoms with Gasteiger partial charge in [-0.1, -0.05) is 0 Å². The van der Waals surface area contributed by atoms with Crippen LogP contribution >= 0.6 is 0 Å². The van der Waals surface area contributed by atoms with Gasteiger partial charge < -0.3 is 72.6 Å². The summed E-state index contributed by atoms with van der Waals surface area (Å²) in [5, 5.41) is 13.8. The third-order valence-corrected chi connectivity index (χ3v) is 7.96. The van der Waals surface area contributed by atoms with Crippen LogP contribution in [0.25, 0.3) is 0 Å². The van der Waals surface area contributed by atoms with Crippen LogP contribution < -0.4 is 16.1 Å². The van der Waals surface area contributed by atoms with Crippen LogP contribution in [-0.4, -0.2) is 212 Å². The van der Waals surface area contributed by atoms with Crippen molar-refractivity contribution >= 4 is 29.5 Å². The summed E-state index contributed by atoms with van der Waals surface area (Å²) < 4.78 is 64.7. The molecule has 0 aromatic carbocycles. The fourth-order valence-electron chi connectivity index (χ4n) is 4.82. The number of carbonyl (C=O) groups excluding carboxylic acids is 4. The number of hydroxylamine groups is 1. The van der Waals surface area contributed by atoms with Crippen LogP contribution in [-0.2, 0) is 80.9 Å². The highest BCUT2D eigenvalue weighted by molar-refractivity contribution is 6.11. The van der Waals surface area contributed by atoms with Gasteiger partial charge >= 0.3 is 6.09 Å². The maximum absolute atomic E-state index is 12.3. The Labute approximate surface area is 352 Å². The lowest BCUT2D eigenvalue weighted by molar-refractivity contribution is -0.151. The molecular formula is C38H69N3O19. The van der Waals surface area contributed by atoms with E-state index in [2.05, 4.69) is 10.6 Å². The highest BCUT2D eigenvalue weighted by Crippen LogP contribution is 2.13. The molecule has 0 saturated heterocycles. The van der Waals surface area contributed by atoms with Gasteiger partial charge in [0, 0.05) is 32.9 Å². The molecule has 0 unspecified atom stereocenters. The molecule has 0 radical (unpaired) electrons. The van der Waals surface area contributed by atoms with Crippen molar-refractivity contribution in [1.29, 1.82) is 0 Å². The summed E-state index contributed by atoms with van der Waals surface area (Å²) in [4.78, 5) is 63.6. The van der Waals surface area contributed by atoms with Gasteiger partial charge in [-0.05, 0) is 19.3 Å². The van der Waals surface area contributed by atoms with E-state index >= 15 is 0 Å². The molecule has 60 heavy (non-hydrogen) atoms. The van der Waals surface area contributed by atoms with Crippen molar-refractivity contribution in [2.45, 2.75) is 50.7 Å². The van der Waals surface area contributed by atoms with Crippen molar-refractivity contribution in [3.05, 3.63) is 0 Å². The molecular weight excluding hydrogens is 802 g/mol. The standard InChI is InChI=1S/C38H69N3O19/c1-48-10-11-50-14-15-52-18-19-54-22-23-56-26-27-58-30-31-59-29-28-57-25-24-55-21-20-53-17-16-51-13-12-49-9-7-35(44)39-8-3-2-4-32(40-38(46)47)37(45)41-60-36-33(42)5-6-34(36)43/h32,36,40H,2-31H2,1H3,(H,39,44)(H,41,45)(H,46,47)/t32-/m0/s1. The predicted molar refractivity (Wildman–Crippen MR) is 210 cm³/mol. The first-order chi connectivity index (χ1) is 29.3. The zero-order valence-electron chi connectivity index (χ0n) is 35.2. The SMILES string of the molecule is COCCOCCOCCOCCOCCOCCOCCOCCOCCOCCOCCOCCC(=O)NCCCC[C@H](NC(=O)O)C(=O)NOC1C(=O)CCC1=O. The molecule has 3 amide bonds. The molecule has 1 aliphatic carbocycles. The van der Waals surface area contributed by atoms with E-state index in [1.54, 1.807) is 7.11 Å². The Morgan fingerprint density at radius 3 is 1.25 bits per heavy atom. The minimum absolute atomic E-state index is 0.0385. The molecule has 350 valence electrons. The van der Waals surface area contributed by atoms with E-state index in [9.17, 15) is 24.0 Å². The van der Waals surface area contributed by atoms with Crippen LogP contribution in [0.15, 0.2) is 0 Å². The van der Waals surface area contributed by atoms with E-state index in [4.69, 9.17) is 66.8 Å². The molecule has 1 fully saturated rings. The third kappa shape index (κ3) is 34.7. The second-order valence-electron chi connectivity index (χ2n) is 12.7. The number of rotatable bonds is 45. The van der Waals surface area contributed by atoms with Gasteiger partial charge in [-0.3, -0.25) is 24.0 Å². The number of ether oxygens (including phenoxy) is 12. The summed E-state index contributed by atoms with van der Waals surface area (Å²) in [6.45, 7) is 10.8. The highest BCUT2D eigenvalue weighted by atomic mass is 16.7. The van der Waals surface area contributed by atoms with Crippen molar-refractivity contribution in [1.82, 2.24) is 16.1 Å². The van der Waals surface area contributed by atoms with Gasteiger partial charge in [-0.25, -0.2) is 10.3 Å². The van der Waals surface area contributed by atoms with E-state index in [0.717, 1.165) is 0 Å². The van der Waals surface area contributed by atoms with Gasteiger partial charge in [-0.15, -0.1) is 0 Å². The summed E-state index contributed by atoms with van der Waals surface area (Å²) in [6, 6.07) is -1.16. The molecule has 0 heterocycles. The summed E-state index contributed by atoms with van der Waals surface area (Å²) in [6.07, 6.45) is -1.56. The van der Waals surface area contributed by atoms with Gasteiger partial charge in [0.1, 0.15) is 6.04 Å². The first-order valence-electron chi connectivity index (χ1n) is 20.5. The summed E-state index contributed by atoms with van der Waals surface area (Å²) in [5.74, 6) is -1.92. The second kappa shape index (κ2) is 41.4. The van der Waals surface area contributed by atoms with Crippen LogP contribution in [0.2, 0.25) is 0 Å². The number of hydrogen-bond acceptors (Lipinski definition) is 18. The maximum atomic E-state index is 12.3. The lowest BCUT2D eigenvalue weighted by Crippen LogP contribution is -2.48. The van der Waals surface area contributed by atoms with E-state index < -0.39 is 35.7 Å². The molecule has 0 aromatic heterocycles. The number of methoxy groups -OCH3 is 1. The number of nitrogens with one attached hydrogen (secondary N) is 3. The summed E-state index contributed by atoms with van der Waals surface area (Å²) in [7, 11) is 1.63. The van der Waals surface area contributed by atoms with Crippen molar-refractivity contribution in [3.63, 3.8) is 0 Å². The quantitative estimate of drug-likeness (QED) is 0.0341. The smallest absolute Gasteiger partial charge is 0.405 e. The third-order valence-electron chi connectivity index (χ3n) is 7.96. The molecule has 4 N–H and O–H groups in total. The lowest BCUT2D eigenvalue weighted by Gasteiger charge is -2.17. The minimum atomic E-state index is -1.42. The van der Waals surface area contributed by atoms with Gasteiger partial charge in [0.2, 0.25) is 12.0 Å². The van der Waals surface area contributed by atoms with Gasteiger partial charge in [0.25, 0.3) is 5.91 Å². The molecule has 0 spiro atoms. The number of carboxylic acid groups (broad SMARTS) is 1. The van der Waals surface area contributed by atoms with E-state index in [0.29, 0.717) is 165 Å². The van der Waals surface area contributed by atoms with Crippen LogP contribution in [0.1, 0.15) is 38.5 Å². The van der Waals surface area contributed by atoms with Gasteiger partial charge in [0.15, 0.2) is 11.6 Å². The molecule has 1 atom stereocenters. The first kappa shape index (κ1) is 55.0.